The van der Waals surface area contributed by atoms with Gasteiger partial charge in [0.05, 0.1) is 0 Å². The van der Waals surface area contributed by atoms with Gasteiger partial charge in [-0.15, -0.1) is 0 Å². The first-order valence-electron chi connectivity index (χ1n) is 3.29. The summed E-state index contributed by atoms with van der Waals surface area (Å²) in [5.74, 6) is 0. The van der Waals surface area contributed by atoms with E-state index in [1.165, 1.54) is 16.9 Å². The van der Waals surface area contributed by atoms with E-state index < -0.39 is 0 Å². The number of rotatable bonds is 0. The molecule has 0 aliphatic heterocycles. The van der Waals surface area contributed by atoms with Crippen LogP contribution in [0.5, 0.6) is 0 Å². The second-order valence-corrected chi connectivity index (χ2v) is 4.21. The summed E-state index contributed by atoms with van der Waals surface area (Å²) in [6.07, 6.45) is 1.79. The molecule has 62 valence electrons. The van der Waals surface area contributed by atoms with Crippen LogP contribution in [0, 0.1) is 0 Å². The van der Waals surface area contributed by atoms with Crippen molar-refractivity contribution in [2.45, 2.75) is 0 Å². The van der Waals surface area contributed by atoms with Crippen LogP contribution in [0.3, 0.4) is 0 Å². The van der Waals surface area contributed by atoms with Gasteiger partial charge in [-0.05, 0) is 0 Å². The first-order chi connectivity index (χ1) is 5.68. The summed E-state index contributed by atoms with van der Waals surface area (Å²) >= 11 is 4.75. The van der Waals surface area contributed by atoms with Gasteiger partial charge >= 0.3 is 86.0 Å². The van der Waals surface area contributed by atoms with Crippen LogP contribution in [0.2, 0.25) is 0 Å². The number of fused-ring (bicyclic) bond motifs is 1. The zero-order valence-corrected chi connectivity index (χ0v) is 10.3. The summed E-state index contributed by atoms with van der Waals surface area (Å²) in [6.45, 7) is 0. The Balaban J connectivity index is 2.90. The molecule has 4 nitrogen and oxygen atoms in total. The van der Waals surface area contributed by atoms with E-state index in [-0.39, 0.29) is 0 Å². The van der Waals surface area contributed by atoms with Crippen LogP contribution < -0.4 is 4.61 Å². The van der Waals surface area contributed by atoms with Crippen LogP contribution >= 0.6 is 15.9 Å². The Morgan fingerprint density at radius 3 is 3.08 bits per heavy atom. The van der Waals surface area contributed by atoms with Crippen molar-refractivity contribution in [3.05, 3.63) is 10.8 Å². The summed E-state index contributed by atoms with van der Waals surface area (Å²) in [5, 5.41) is 5.13. The molecule has 2 aromatic heterocycles. The molecule has 2 rings (SSSR count). The molecule has 0 aliphatic rings. The number of nitrogens with zero attached hydrogens (tertiary/aromatic N) is 4. The molecule has 0 bridgehead atoms. The number of aryl methyl sites for hydroxylation is 1. The Labute approximate surface area is 86.0 Å². The predicted octanol–water partition coefficient (Wildman–Crippen LogP) is -0.616. The molecular weight excluding hydrogens is 283 g/mol. The minimum atomic E-state index is 0.799. The van der Waals surface area contributed by atoms with E-state index in [1.807, 2.05) is 7.05 Å². The first kappa shape index (κ1) is 8.20. The van der Waals surface area contributed by atoms with Crippen LogP contribution in [0.4, 0.5) is 0 Å². The maximum absolute atomic E-state index is 4.28. The Bertz CT molecular complexity index is 438. The Hall–Kier alpha value is -0.412. The first-order valence-corrected chi connectivity index (χ1v) is 5.29. The number of hydrogen-bond donors (Lipinski definition) is 0. The molecule has 2 heterocycles. The van der Waals surface area contributed by atoms with Crippen LogP contribution in [0.25, 0.3) is 11.0 Å². The second-order valence-electron chi connectivity index (χ2n) is 2.38. The van der Waals surface area contributed by atoms with Crippen LogP contribution in [0.15, 0.2) is 10.8 Å². The van der Waals surface area contributed by atoms with Gasteiger partial charge in [-0.1, -0.05) is 0 Å². The standard InChI is InChI=1S/C6H6AsBrN4/c1-12-5-3(4(8)11-12)2-9-6(7)10-5/h2H,7H2,1H3. The summed E-state index contributed by atoms with van der Waals surface area (Å²) < 4.78 is 3.36. The molecule has 1 atom stereocenters. The third-order valence-electron chi connectivity index (χ3n) is 1.55. The molecule has 0 aliphatic carbocycles. The van der Waals surface area contributed by atoms with E-state index in [4.69, 9.17) is 0 Å². The van der Waals surface area contributed by atoms with E-state index in [9.17, 15) is 0 Å². The average molecular weight is 289 g/mol. The van der Waals surface area contributed by atoms with Crippen LogP contribution in [0.1, 0.15) is 0 Å². The van der Waals surface area contributed by atoms with Gasteiger partial charge < -0.3 is 0 Å². The van der Waals surface area contributed by atoms with Gasteiger partial charge in [0.15, 0.2) is 0 Å². The van der Waals surface area contributed by atoms with Gasteiger partial charge in [-0.25, -0.2) is 0 Å². The van der Waals surface area contributed by atoms with Crippen LogP contribution in [-0.4, -0.2) is 36.6 Å². The topological polar surface area (TPSA) is 43.6 Å². The summed E-state index contributed by atoms with van der Waals surface area (Å²) in [6, 6.07) is 0. The molecule has 0 amide bonds. The molecule has 0 fully saturated rings. The van der Waals surface area contributed by atoms with Crippen molar-refractivity contribution in [3.8, 4) is 0 Å². The second kappa shape index (κ2) is 2.82. The SMILES string of the molecule is Cn1nc(Br)c2cnc([AsH2])nc21. The third-order valence-corrected chi connectivity index (χ3v) is 2.72. The van der Waals surface area contributed by atoms with Gasteiger partial charge in [0.1, 0.15) is 0 Å². The molecular formula is C6H6AsBrN4. The monoisotopic (exact) mass is 288 g/mol. The molecule has 0 saturated heterocycles. The van der Waals surface area contributed by atoms with Gasteiger partial charge in [-0.3, -0.25) is 0 Å². The zero-order valence-electron chi connectivity index (χ0n) is 6.32. The van der Waals surface area contributed by atoms with Crippen molar-refractivity contribution in [1.29, 1.82) is 0 Å². The summed E-state index contributed by atoms with van der Waals surface area (Å²) in [4.78, 5) is 8.40. The maximum atomic E-state index is 4.28. The van der Waals surface area contributed by atoms with Gasteiger partial charge in [0.25, 0.3) is 0 Å². The van der Waals surface area contributed by atoms with E-state index >= 15 is 0 Å². The fraction of sp³-hybridized carbons (Fsp3) is 0.167. The zero-order chi connectivity index (χ0) is 8.72. The fourth-order valence-corrected chi connectivity index (χ4v) is 1.94. The van der Waals surface area contributed by atoms with Crippen LogP contribution in [-0.2, 0) is 7.05 Å². The van der Waals surface area contributed by atoms with E-state index in [1.54, 1.807) is 10.9 Å². The third kappa shape index (κ3) is 1.17. The van der Waals surface area contributed by atoms with Crippen molar-refractivity contribution >= 4 is 48.4 Å². The predicted molar refractivity (Wildman–Crippen MR) is 52.2 cm³/mol. The van der Waals surface area contributed by atoms with E-state index in [2.05, 4.69) is 31.0 Å². The van der Waals surface area contributed by atoms with Crippen molar-refractivity contribution in [3.63, 3.8) is 0 Å². The molecule has 0 radical (unpaired) electrons. The molecule has 12 heavy (non-hydrogen) atoms. The van der Waals surface area contributed by atoms with Crippen molar-refractivity contribution in [2.24, 2.45) is 7.05 Å². The number of halogens is 1. The van der Waals surface area contributed by atoms with E-state index in [0.717, 1.165) is 20.2 Å². The molecule has 0 spiro atoms. The van der Waals surface area contributed by atoms with Crippen molar-refractivity contribution in [2.75, 3.05) is 0 Å². The Morgan fingerprint density at radius 1 is 1.58 bits per heavy atom. The van der Waals surface area contributed by atoms with E-state index in [0.29, 0.717) is 0 Å². The average Bonchev–Trinajstić information content (AvgIpc) is 2.28. The molecule has 1 unspecified atom stereocenters. The Morgan fingerprint density at radius 2 is 2.33 bits per heavy atom. The number of hydrogen-bond acceptors (Lipinski definition) is 3. The van der Waals surface area contributed by atoms with Gasteiger partial charge in [0.2, 0.25) is 0 Å². The molecule has 2 aromatic rings. The molecule has 0 aromatic carbocycles. The normalized spacial score (nSPS) is 10.9. The molecule has 0 saturated carbocycles. The summed E-state index contributed by atoms with van der Waals surface area (Å²) in [5.41, 5.74) is 0.872. The van der Waals surface area contributed by atoms with Gasteiger partial charge in [-0.2, -0.15) is 0 Å². The summed E-state index contributed by atoms with van der Waals surface area (Å²) in [7, 11) is 1.87. The van der Waals surface area contributed by atoms with Crippen molar-refractivity contribution in [1.82, 2.24) is 19.7 Å². The minimum absolute atomic E-state index is 0.799. The fourth-order valence-electron chi connectivity index (χ4n) is 1.01. The number of aromatic nitrogens is 4. The molecule has 6 heteroatoms. The van der Waals surface area contributed by atoms with Crippen molar-refractivity contribution < 1.29 is 0 Å². The Kier molecular flexibility index (Phi) is 1.92. The van der Waals surface area contributed by atoms with Gasteiger partial charge in [0, 0.05) is 0 Å². The quantitative estimate of drug-likeness (QED) is 0.607. The molecule has 0 N–H and O–H groups in total.